The molecule has 1 amide bonds. The molecule has 0 radical (unpaired) electrons. The second-order valence-electron chi connectivity index (χ2n) is 5.49. The minimum Gasteiger partial charge on any atom is -0.397 e. The van der Waals surface area contributed by atoms with Gasteiger partial charge in [-0.1, -0.05) is 30.5 Å². The molecule has 1 aromatic carbocycles. The van der Waals surface area contributed by atoms with E-state index >= 15 is 0 Å². The van der Waals surface area contributed by atoms with Crippen molar-refractivity contribution < 1.29 is 4.79 Å². The van der Waals surface area contributed by atoms with Gasteiger partial charge in [0.1, 0.15) is 4.88 Å². The molecular weight excluding hydrogens is 306 g/mol. The third kappa shape index (κ3) is 2.73. The van der Waals surface area contributed by atoms with E-state index in [1.54, 1.807) is 6.07 Å². The number of nitrogen functional groups attached to an aromatic ring is 1. The fourth-order valence-corrected chi connectivity index (χ4v) is 4.26. The highest BCUT2D eigenvalue weighted by atomic mass is 35.5. The van der Waals surface area contributed by atoms with Crippen molar-refractivity contribution in [2.75, 3.05) is 5.73 Å². The van der Waals surface area contributed by atoms with Gasteiger partial charge in [0.15, 0.2) is 0 Å². The van der Waals surface area contributed by atoms with Crippen LogP contribution in [0, 0.1) is 0 Å². The summed E-state index contributed by atoms with van der Waals surface area (Å²) >= 11 is 7.54. The van der Waals surface area contributed by atoms with Gasteiger partial charge < -0.3 is 16.8 Å². The molecule has 1 fully saturated rings. The fourth-order valence-electron chi connectivity index (χ4n) is 2.87. The van der Waals surface area contributed by atoms with Crippen molar-refractivity contribution in [3.8, 4) is 0 Å². The topological polar surface area (TPSA) is 81.1 Å². The molecule has 6 heteroatoms. The van der Waals surface area contributed by atoms with Crippen LogP contribution in [0.3, 0.4) is 0 Å². The van der Waals surface area contributed by atoms with Crippen LogP contribution in [0.25, 0.3) is 10.1 Å². The average Bonchev–Trinajstić information content (AvgIpc) is 2.80. The van der Waals surface area contributed by atoms with Gasteiger partial charge >= 0.3 is 0 Å². The number of fused-ring (bicyclic) bond motifs is 1. The zero-order valence-corrected chi connectivity index (χ0v) is 13.1. The Kier molecular flexibility index (Phi) is 4.06. The predicted octanol–water partition coefficient (Wildman–Crippen LogP) is 3.14. The van der Waals surface area contributed by atoms with Gasteiger partial charge in [0.25, 0.3) is 5.91 Å². The second kappa shape index (κ2) is 5.83. The van der Waals surface area contributed by atoms with E-state index in [4.69, 9.17) is 23.1 Å². The van der Waals surface area contributed by atoms with Crippen LogP contribution >= 0.6 is 22.9 Å². The molecule has 5 N–H and O–H groups in total. The Morgan fingerprint density at radius 3 is 2.81 bits per heavy atom. The lowest BCUT2D eigenvalue weighted by Crippen LogP contribution is -2.49. The van der Waals surface area contributed by atoms with E-state index < -0.39 is 0 Å². The molecule has 0 aliphatic heterocycles. The highest BCUT2D eigenvalue weighted by molar-refractivity contribution is 7.21. The smallest absolute Gasteiger partial charge is 0.263 e. The van der Waals surface area contributed by atoms with Gasteiger partial charge in [-0.2, -0.15) is 0 Å². The number of halogens is 1. The highest BCUT2D eigenvalue weighted by Gasteiger charge is 2.26. The normalized spacial score (nSPS) is 22.4. The van der Waals surface area contributed by atoms with Crippen LogP contribution < -0.4 is 16.8 Å². The van der Waals surface area contributed by atoms with Crippen LogP contribution in [0.2, 0.25) is 5.02 Å². The standard InChI is InChI=1S/C15H18ClN3OS/c16-8-4-3-7-11-12(8)13(18)14(21-11)15(20)19-10-6-2-1-5-9(10)17/h3-4,7,9-10H,1-2,5-6,17-18H2,(H,19,20). The quantitative estimate of drug-likeness (QED) is 0.794. The van der Waals surface area contributed by atoms with Crippen LogP contribution in [0.4, 0.5) is 5.69 Å². The molecule has 21 heavy (non-hydrogen) atoms. The third-order valence-corrected chi connectivity index (χ3v) is 5.53. The van der Waals surface area contributed by atoms with E-state index in [1.807, 2.05) is 12.1 Å². The molecule has 1 aliphatic rings. The van der Waals surface area contributed by atoms with E-state index in [0.717, 1.165) is 35.8 Å². The van der Waals surface area contributed by atoms with Gasteiger partial charge in [0.2, 0.25) is 0 Å². The number of anilines is 1. The van der Waals surface area contributed by atoms with Gasteiger partial charge in [0.05, 0.1) is 10.7 Å². The number of carbonyl (C=O) groups excluding carboxylic acids is 1. The molecule has 2 unspecified atom stereocenters. The van der Waals surface area contributed by atoms with E-state index in [1.165, 1.54) is 11.3 Å². The molecule has 0 bridgehead atoms. The number of rotatable bonds is 2. The number of carbonyl (C=O) groups is 1. The molecule has 3 rings (SSSR count). The van der Waals surface area contributed by atoms with E-state index in [-0.39, 0.29) is 18.0 Å². The Bertz CT molecular complexity index is 685. The minimum absolute atomic E-state index is 0.0295. The molecule has 1 aliphatic carbocycles. The Labute approximate surface area is 132 Å². The zero-order chi connectivity index (χ0) is 15.0. The molecule has 1 aromatic heterocycles. The number of benzene rings is 1. The monoisotopic (exact) mass is 323 g/mol. The second-order valence-corrected chi connectivity index (χ2v) is 6.95. The summed E-state index contributed by atoms with van der Waals surface area (Å²) in [5.41, 5.74) is 12.7. The molecule has 4 nitrogen and oxygen atoms in total. The summed E-state index contributed by atoms with van der Waals surface area (Å²) in [6.07, 6.45) is 4.12. The van der Waals surface area contributed by atoms with Crippen molar-refractivity contribution in [2.24, 2.45) is 5.73 Å². The summed E-state index contributed by atoms with van der Waals surface area (Å²) in [4.78, 5) is 13.0. The minimum atomic E-state index is -0.146. The molecule has 2 atom stereocenters. The van der Waals surface area contributed by atoms with Crippen molar-refractivity contribution in [1.29, 1.82) is 0 Å². The van der Waals surface area contributed by atoms with Gasteiger partial charge in [0, 0.05) is 22.2 Å². The number of thiophene rings is 1. The van der Waals surface area contributed by atoms with Gasteiger partial charge in [-0.15, -0.1) is 11.3 Å². The van der Waals surface area contributed by atoms with Crippen LogP contribution in [-0.2, 0) is 0 Å². The largest absolute Gasteiger partial charge is 0.397 e. The van der Waals surface area contributed by atoms with Crippen LogP contribution in [0.5, 0.6) is 0 Å². The first kappa shape index (κ1) is 14.6. The fraction of sp³-hybridized carbons (Fsp3) is 0.400. The van der Waals surface area contributed by atoms with Crippen LogP contribution in [0.15, 0.2) is 18.2 Å². The van der Waals surface area contributed by atoms with Crippen molar-refractivity contribution in [1.82, 2.24) is 5.32 Å². The van der Waals surface area contributed by atoms with Gasteiger partial charge in [-0.3, -0.25) is 4.79 Å². The van der Waals surface area contributed by atoms with Crippen molar-refractivity contribution in [3.63, 3.8) is 0 Å². The summed E-state index contributed by atoms with van der Waals surface area (Å²) in [5.74, 6) is -0.146. The number of nitrogens with one attached hydrogen (secondary N) is 1. The maximum Gasteiger partial charge on any atom is 0.263 e. The molecule has 0 saturated heterocycles. The molecule has 1 saturated carbocycles. The summed E-state index contributed by atoms with van der Waals surface area (Å²) < 4.78 is 0.929. The molecule has 0 spiro atoms. The zero-order valence-electron chi connectivity index (χ0n) is 11.6. The first-order chi connectivity index (χ1) is 10.1. The van der Waals surface area contributed by atoms with Crippen molar-refractivity contribution >= 4 is 44.6 Å². The predicted molar refractivity (Wildman–Crippen MR) is 88.9 cm³/mol. The van der Waals surface area contributed by atoms with Crippen LogP contribution in [-0.4, -0.2) is 18.0 Å². The van der Waals surface area contributed by atoms with E-state index in [9.17, 15) is 4.79 Å². The summed E-state index contributed by atoms with van der Waals surface area (Å²) in [5, 5.41) is 4.37. The number of hydrogen-bond donors (Lipinski definition) is 3. The SMILES string of the molecule is Nc1c(C(=O)NC2CCCCC2N)sc2cccc(Cl)c12. The van der Waals surface area contributed by atoms with Crippen molar-refractivity contribution in [2.45, 2.75) is 37.8 Å². The van der Waals surface area contributed by atoms with E-state index in [2.05, 4.69) is 5.32 Å². The Morgan fingerprint density at radius 2 is 2.10 bits per heavy atom. The van der Waals surface area contributed by atoms with Gasteiger partial charge in [-0.25, -0.2) is 0 Å². The molecular formula is C15H18ClN3OS. The summed E-state index contributed by atoms with van der Waals surface area (Å²) in [7, 11) is 0. The molecule has 2 aromatic rings. The lowest BCUT2D eigenvalue weighted by atomic mass is 9.91. The lowest BCUT2D eigenvalue weighted by Gasteiger charge is -2.29. The average molecular weight is 324 g/mol. The number of amides is 1. The maximum atomic E-state index is 12.5. The maximum absolute atomic E-state index is 12.5. The Morgan fingerprint density at radius 1 is 1.33 bits per heavy atom. The molecule has 112 valence electrons. The Balaban J connectivity index is 1.88. The third-order valence-electron chi connectivity index (χ3n) is 4.04. The summed E-state index contributed by atoms with van der Waals surface area (Å²) in [6, 6.07) is 5.63. The Hall–Kier alpha value is -1.30. The lowest BCUT2D eigenvalue weighted by molar-refractivity contribution is 0.0926. The van der Waals surface area contributed by atoms with E-state index in [0.29, 0.717) is 15.6 Å². The number of hydrogen-bond acceptors (Lipinski definition) is 4. The van der Waals surface area contributed by atoms with Crippen molar-refractivity contribution in [3.05, 3.63) is 28.1 Å². The summed E-state index contributed by atoms with van der Waals surface area (Å²) in [6.45, 7) is 0. The first-order valence-corrected chi connectivity index (χ1v) is 8.30. The van der Waals surface area contributed by atoms with Crippen LogP contribution in [0.1, 0.15) is 35.4 Å². The van der Waals surface area contributed by atoms with Gasteiger partial charge in [-0.05, 0) is 25.0 Å². The first-order valence-electron chi connectivity index (χ1n) is 7.11. The molecule has 1 heterocycles. The number of nitrogens with two attached hydrogens (primary N) is 2. The highest BCUT2D eigenvalue weighted by Crippen LogP contribution is 2.38.